The van der Waals surface area contributed by atoms with E-state index in [1.54, 1.807) is 38.4 Å². The number of carbonyl (C=O) groups excluding carboxylic acids is 7. The van der Waals surface area contributed by atoms with E-state index in [-0.39, 0.29) is 106 Å². The molecule has 3 rings (SSSR count). The van der Waals surface area contributed by atoms with Crippen molar-refractivity contribution in [2.45, 2.75) is 75.1 Å². The van der Waals surface area contributed by atoms with Crippen LogP contribution in [0.15, 0.2) is 24.3 Å². The van der Waals surface area contributed by atoms with Crippen LogP contribution in [-0.4, -0.2) is 103 Å². The standard InChI is InChI=1S/C33H47N5O9S.Y/c1-36-26(11-13-37-33(45)47-24-9-5-20(6-10-24)16-25(34)30(42)21-7-8-21)27(40)17-22(31(35)43)19-48-28-18-29(41)38(32(28)44)14-12-23(39)4-3-15-46-2;/h5-6,9-10,21-22,25-26,28,36H,3-4,7-8,11-19,34H2,1-2H3,(H2,35,43)(H,37,45);/t22-,25-,26?,28?;/m0./s1. The minimum atomic E-state index is -0.875. The van der Waals surface area contributed by atoms with Gasteiger partial charge in [-0.2, -0.15) is 0 Å². The number of ketones is 3. The fourth-order valence-corrected chi connectivity index (χ4v) is 6.58. The van der Waals surface area contributed by atoms with Gasteiger partial charge in [0.2, 0.25) is 17.7 Å². The van der Waals surface area contributed by atoms with E-state index in [1.807, 2.05) is 0 Å². The molecular weight excluding hydrogens is 731 g/mol. The van der Waals surface area contributed by atoms with Crippen LogP contribution in [0.4, 0.5) is 4.79 Å². The van der Waals surface area contributed by atoms with Crippen LogP contribution in [0.25, 0.3) is 0 Å². The Labute approximate surface area is 316 Å². The average Bonchev–Trinajstić information content (AvgIpc) is 3.86. The van der Waals surface area contributed by atoms with E-state index in [0.29, 0.717) is 31.6 Å². The fraction of sp³-hybridized carbons (Fsp3) is 0.606. The van der Waals surface area contributed by atoms with Gasteiger partial charge in [-0.25, -0.2) is 4.79 Å². The first-order chi connectivity index (χ1) is 22.9. The maximum absolute atomic E-state index is 13.0. The van der Waals surface area contributed by atoms with Gasteiger partial charge in [0.1, 0.15) is 11.5 Å². The van der Waals surface area contributed by atoms with Crippen molar-refractivity contribution in [3.05, 3.63) is 29.8 Å². The zero-order valence-corrected chi connectivity index (χ0v) is 31.8. The third kappa shape index (κ3) is 14.3. The smallest absolute Gasteiger partial charge is 0.410 e. The molecule has 16 heteroatoms. The second-order valence-corrected chi connectivity index (χ2v) is 13.4. The monoisotopic (exact) mass is 778 g/mol. The fourth-order valence-electron chi connectivity index (χ4n) is 5.30. The normalized spacial score (nSPS) is 17.5. The molecule has 1 aromatic rings. The van der Waals surface area contributed by atoms with Gasteiger partial charge < -0.3 is 31.6 Å². The number of rotatable bonds is 23. The molecule has 1 aliphatic carbocycles. The summed E-state index contributed by atoms with van der Waals surface area (Å²) in [4.78, 5) is 88.1. The number of nitrogens with two attached hydrogens (primary N) is 2. The Balaban J connectivity index is 0.00000833. The number of ether oxygens (including phenoxy) is 2. The Hall–Kier alpha value is -2.56. The van der Waals surface area contributed by atoms with Crippen molar-refractivity contribution in [3.63, 3.8) is 0 Å². The number of thioether (sulfide) groups is 1. The molecule has 2 unspecified atom stereocenters. The molecule has 2 fully saturated rings. The molecule has 14 nitrogen and oxygen atoms in total. The van der Waals surface area contributed by atoms with E-state index in [4.69, 9.17) is 20.9 Å². The molecule has 1 aliphatic heterocycles. The van der Waals surface area contributed by atoms with Crippen molar-refractivity contribution < 1.29 is 75.7 Å². The summed E-state index contributed by atoms with van der Waals surface area (Å²) in [6, 6.07) is 5.49. The molecule has 4 amide bonds. The molecule has 0 bridgehead atoms. The van der Waals surface area contributed by atoms with E-state index in [2.05, 4.69) is 10.6 Å². The number of likely N-dealkylation sites (N-methyl/N-ethyl adjacent to an activating group) is 1. The second-order valence-electron chi connectivity index (χ2n) is 12.1. The molecule has 1 saturated heterocycles. The van der Waals surface area contributed by atoms with Crippen LogP contribution in [0.5, 0.6) is 5.75 Å². The number of nitrogens with one attached hydrogen (secondary N) is 2. The quantitative estimate of drug-likeness (QED) is 0.0901. The molecular formula is C33H47N5O9SY. The number of benzene rings is 1. The van der Waals surface area contributed by atoms with Gasteiger partial charge in [0.15, 0.2) is 11.6 Å². The first-order valence-electron chi connectivity index (χ1n) is 16.2. The Morgan fingerprint density at radius 2 is 1.78 bits per heavy atom. The average molecular weight is 779 g/mol. The molecule has 6 N–H and O–H groups in total. The van der Waals surface area contributed by atoms with Crippen molar-refractivity contribution in [1.82, 2.24) is 15.5 Å². The van der Waals surface area contributed by atoms with Crippen molar-refractivity contribution in [1.29, 1.82) is 0 Å². The molecule has 1 saturated carbocycles. The SMILES string of the molecule is CNC(CCNC(=O)Oc1ccc(C[C@H](N)C(=O)C2CC2)cc1)C(=O)C[C@@H](CSC1CC(=O)N(CCC(=O)CCCOC)C1=O)C(N)=O.[Y]. The largest absolute Gasteiger partial charge is 0.412 e. The maximum Gasteiger partial charge on any atom is 0.412 e. The molecule has 2 aliphatic rings. The van der Waals surface area contributed by atoms with Gasteiger partial charge in [-0.15, -0.1) is 11.8 Å². The number of Topliss-reactive ketones (excluding diaryl/α,β-unsaturated/α-hetero) is 3. The Morgan fingerprint density at radius 3 is 2.39 bits per heavy atom. The third-order valence-electron chi connectivity index (χ3n) is 8.34. The molecule has 0 aromatic heterocycles. The van der Waals surface area contributed by atoms with E-state index in [0.717, 1.165) is 35.1 Å². The minimum Gasteiger partial charge on any atom is -0.410 e. The maximum atomic E-state index is 13.0. The summed E-state index contributed by atoms with van der Waals surface area (Å²) in [7, 11) is 3.13. The zero-order valence-electron chi connectivity index (χ0n) is 28.2. The van der Waals surface area contributed by atoms with Crippen molar-refractivity contribution >= 4 is 52.9 Å². The number of primary amides is 1. The number of hydrogen-bond acceptors (Lipinski definition) is 12. The number of nitrogens with zero attached hydrogens (tertiary/aromatic N) is 1. The summed E-state index contributed by atoms with van der Waals surface area (Å²) in [6.45, 7) is 0.565. The Bertz CT molecular complexity index is 1330. The van der Waals surface area contributed by atoms with Crippen LogP contribution in [0.3, 0.4) is 0 Å². The van der Waals surface area contributed by atoms with Gasteiger partial charge >= 0.3 is 6.09 Å². The molecule has 1 heterocycles. The first kappa shape index (κ1) is 42.6. The Kier molecular flexibility index (Phi) is 18.8. The van der Waals surface area contributed by atoms with E-state index in [9.17, 15) is 33.6 Å². The van der Waals surface area contributed by atoms with Crippen LogP contribution >= 0.6 is 11.8 Å². The predicted octanol–water partition coefficient (Wildman–Crippen LogP) is 0.907. The van der Waals surface area contributed by atoms with Gasteiger partial charge in [0.05, 0.1) is 23.3 Å². The number of amides is 4. The van der Waals surface area contributed by atoms with E-state index < -0.39 is 41.2 Å². The second kappa shape index (κ2) is 21.6. The molecule has 1 radical (unpaired) electrons. The number of likely N-dealkylation sites (tertiary alicyclic amines) is 1. The zero-order chi connectivity index (χ0) is 35.2. The van der Waals surface area contributed by atoms with Crippen molar-refractivity contribution in [2.75, 3.05) is 39.6 Å². The molecule has 49 heavy (non-hydrogen) atoms. The molecule has 4 atom stereocenters. The van der Waals surface area contributed by atoms with Crippen molar-refractivity contribution in [3.8, 4) is 5.75 Å². The predicted molar refractivity (Wildman–Crippen MR) is 178 cm³/mol. The minimum absolute atomic E-state index is 0. The number of imide groups is 1. The van der Waals surface area contributed by atoms with Crippen LogP contribution in [0.1, 0.15) is 56.9 Å². The first-order valence-corrected chi connectivity index (χ1v) is 17.3. The summed E-state index contributed by atoms with van der Waals surface area (Å²) < 4.78 is 10.2. The van der Waals surface area contributed by atoms with E-state index >= 15 is 0 Å². The summed E-state index contributed by atoms with van der Waals surface area (Å²) in [5, 5.41) is 4.77. The summed E-state index contributed by atoms with van der Waals surface area (Å²) in [5.74, 6) is -2.20. The topological polar surface area (TPSA) is 217 Å². The molecule has 1 aromatic carbocycles. The van der Waals surface area contributed by atoms with Gasteiger partial charge in [-0.3, -0.25) is 33.7 Å². The third-order valence-corrected chi connectivity index (χ3v) is 9.71. The van der Waals surface area contributed by atoms with E-state index in [1.165, 1.54) is 0 Å². The van der Waals surface area contributed by atoms with Crippen LogP contribution in [-0.2, 0) is 72.6 Å². The van der Waals surface area contributed by atoms with Gasteiger partial charge in [-0.1, -0.05) is 12.1 Å². The van der Waals surface area contributed by atoms with Crippen molar-refractivity contribution in [2.24, 2.45) is 23.3 Å². The summed E-state index contributed by atoms with van der Waals surface area (Å²) in [6.07, 6.45) is 2.42. The number of methoxy groups -OCH3 is 1. The van der Waals surface area contributed by atoms with Gasteiger partial charge in [0, 0.05) is 96.9 Å². The van der Waals surface area contributed by atoms with Crippen LogP contribution < -0.4 is 26.8 Å². The number of hydrogen-bond donors (Lipinski definition) is 4. The Morgan fingerprint density at radius 1 is 1.08 bits per heavy atom. The summed E-state index contributed by atoms with van der Waals surface area (Å²) in [5.41, 5.74) is 12.4. The molecule has 0 spiro atoms. The number of carbonyl (C=O) groups is 7. The van der Waals surface area contributed by atoms with Crippen LogP contribution in [0, 0.1) is 11.8 Å². The van der Waals surface area contributed by atoms with Gasteiger partial charge in [-0.05, 0) is 56.8 Å². The molecule has 267 valence electrons. The summed E-state index contributed by atoms with van der Waals surface area (Å²) >= 11 is 1.10. The van der Waals surface area contributed by atoms with Gasteiger partial charge in [0.25, 0.3) is 0 Å². The van der Waals surface area contributed by atoms with Crippen LogP contribution in [0.2, 0.25) is 0 Å².